The highest BCUT2D eigenvalue weighted by molar-refractivity contribution is 6.00. The van der Waals surface area contributed by atoms with Crippen LogP contribution in [0.3, 0.4) is 0 Å². The molecule has 3 aromatic rings. The number of aliphatic hydroxyl groups excluding tert-OH is 1. The summed E-state index contributed by atoms with van der Waals surface area (Å²) in [5, 5.41) is 64.6. The molecule has 7 rings (SSSR count). The summed E-state index contributed by atoms with van der Waals surface area (Å²) in [5.41, 5.74) is 42.6. The third-order valence-electron chi connectivity index (χ3n) is 12.1. The number of nitrogens with zero attached hydrogens (tertiary/aromatic N) is 2. The van der Waals surface area contributed by atoms with Gasteiger partial charge in [0.15, 0.2) is 48.5 Å². The smallest absolute Gasteiger partial charge is 0.265 e. The summed E-state index contributed by atoms with van der Waals surface area (Å²) in [6.45, 7) is -0.113. The molecule has 0 saturated carbocycles. The predicted molar refractivity (Wildman–Crippen MR) is 280 cm³/mol. The van der Waals surface area contributed by atoms with E-state index in [4.69, 9.17) is 56.0 Å². The number of guanidine groups is 4. The number of fused-ring (bicyclic) bond motifs is 1. The van der Waals surface area contributed by atoms with Crippen LogP contribution in [0.4, 0.5) is 11.4 Å². The molecule has 1 heterocycles. The highest BCUT2D eigenvalue weighted by atomic mass is 16.3. The number of benzene rings is 2. The van der Waals surface area contributed by atoms with Crippen molar-refractivity contribution in [2.24, 2.45) is 34.6 Å². The number of nitrogens with one attached hydrogen (secondary N) is 13. The van der Waals surface area contributed by atoms with Gasteiger partial charge in [-0.25, -0.2) is 0 Å². The minimum Gasteiger partial charge on any atom is -0.396 e. The maximum atomic E-state index is 14.5. The fourth-order valence-corrected chi connectivity index (χ4v) is 8.83. The molecule has 390 valence electrons. The number of rotatable bonds is 21. The summed E-state index contributed by atoms with van der Waals surface area (Å²) < 4.78 is 0. The Kier molecular flexibility index (Phi) is 16.2. The minimum atomic E-state index is -2.03. The topological polar surface area (TPSA) is 481 Å². The maximum Gasteiger partial charge on any atom is 0.265 e. The molecule has 0 fully saturated rings. The normalized spacial score (nSPS) is 17.2. The number of hydrogen-bond donors (Lipinski definition) is 20. The van der Waals surface area contributed by atoms with Gasteiger partial charge < -0.3 is 86.9 Å². The first-order chi connectivity index (χ1) is 35.8. The molecule has 1 aromatic heterocycles. The molecule has 0 aliphatic heterocycles. The number of nitrogens with two attached hydrogens (primary N) is 6. The summed E-state index contributed by atoms with van der Waals surface area (Å²) in [5.74, 6) is -9.24. The van der Waals surface area contributed by atoms with Crippen molar-refractivity contribution in [2.75, 3.05) is 23.7 Å². The van der Waals surface area contributed by atoms with Crippen LogP contribution in [-0.2, 0) is 24.0 Å². The molecule has 5 amide bonds. The van der Waals surface area contributed by atoms with Crippen LogP contribution in [-0.4, -0.2) is 107 Å². The number of hydrogen-bond acceptors (Lipinski definition) is 14. The van der Waals surface area contributed by atoms with Crippen molar-refractivity contribution >= 4 is 75.7 Å². The van der Waals surface area contributed by atoms with E-state index in [0.717, 1.165) is 28.7 Å². The molecule has 75 heavy (non-hydrogen) atoms. The second-order valence-electron chi connectivity index (χ2n) is 17.2. The van der Waals surface area contributed by atoms with Crippen molar-refractivity contribution in [2.45, 2.75) is 43.4 Å². The van der Waals surface area contributed by atoms with E-state index >= 15 is 0 Å². The summed E-state index contributed by atoms with van der Waals surface area (Å²) in [4.78, 5) is 73.5. The van der Waals surface area contributed by atoms with Gasteiger partial charge in [0, 0.05) is 30.6 Å². The van der Waals surface area contributed by atoms with Gasteiger partial charge in [0.05, 0.1) is 16.9 Å². The Morgan fingerprint density at radius 2 is 1.28 bits per heavy atom. The molecule has 0 spiro atoms. The first kappa shape index (κ1) is 52.8. The third-order valence-corrected chi connectivity index (χ3v) is 12.1. The van der Waals surface area contributed by atoms with Gasteiger partial charge in [0.25, 0.3) is 23.6 Å². The van der Waals surface area contributed by atoms with Gasteiger partial charge in [0.2, 0.25) is 5.91 Å². The predicted octanol–water partition coefficient (Wildman–Crippen LogP) is -3.37. The largest absolute Gasteiger partial charge is 0.396 e. The van der Waals surface area contributed by atoms with Gasteiger partial charge in [-0.2, -0.15) is 0 Å². The van der Waals surface area contributed by atoms with Crippen molar-refractivity contribution in [1.82, 2.24) is 52.8 Å². The Bertz CT molecular complexity index is 3070. The number of aliphatic hydroxyl groups is 1. The number of primary amides is 1. The fraction of sp³-hybridized carbons (Fsp3) is 0.208. The molecule has 26 N–H and O–H groups in total. The van der Waals surface area contributed by atoms with Crippen LogP contribution in [0.15, 0.2) is 143 Å². The highest BCUT2D eigenvalue weighted by Crippen LogP contribution is 2.49. The Hall–Kier alpha value is -10.0. The molecule has 2 aromatic carbocycles. The van der Waals surface area contributed by atoms with E-state index in [2.05, 4.69) is 95.4 Å². The second-order valence-corrected chi connectivity index (χ2v) is 17.2. The molecule has 27 heteroatoms. The van der Waals surface area contributed by atoms with E-state index in [-0.39, 0.29) is 19.0 Å². The first-order valence-corrected chi connectivity index (χ1v) is 23.0. The van der Waals surface area contributed by atoms with Crippen molar-refractivity contribution in [3.05, 3.63) is 148 Å². The molecule has 0 bridgehead atoms. The number of nitrogen functional groups attached to an aromatic ring is 1. The van der Waals surface area contributed by atoms with Gasteiger partial charge >= 0.3 is 0 Å². The Labute approximate surface area is 428 Å². The number of aromatic nitrogens is 1. The zero-order valence-corrected chi connectivity index (χ0v) is 39.9. The minimum absolute atomic E-state index is 0.0139. The van der Waals surface area contributed by atoms with Gasteiger partial charge in [0.1, 0.15) is 12.3 Å². The lowest BCUT2D eigenvalue weighted by atomic mass is 9.67. The number of carbonyl (C=O) groups excluding carboxylic acids is 5. The standard InChI is InChI=1S/C48H57N21O6/c49-34-28-13-6-18-59-29(28)16-17-30(34)69(21-26-19-25-11-4-9-22-14-15-23-10-5-12-27(26)33(23)32(22)25)31(70)20-60-35(24-7-2-1-3-8-24)41(72)62-38(66-46(53)54)43(74)64-40(68-48(57)58)44(75)63-39(67-47(55)56)42(73)61-37(36(50)71)65-45(51)52/h1-8,10-19,31,33,35,37-40,60,70H,9,20-21,49H2,(H2,50,71)(H,61,73)(H,62,72)(H,63,75)(H,64,74)(H4,51,52,65)(H4,53,54,66)(H4,55,56,67)(H4,57,58,68). The quantitative estimate of drug-likeness (QED) is 0.0214. The van der Waals surface area contributed by atoms with E-state index < -0.39 is 90.3 Å². The van der Waals surface area contributed by atoms with Crippen molar-refractivity contribution in [3.63, 3.8) is 0 Å². The van der Waals surface area contributed by atoms with E-state index in [1.165, 1.54) is 11.1 Å². The molecule has 7 unspecified atom stereocenters. The summed E-state index contributed by atoms with van der Waals surface area (Å²) in [7, 11) is 0. The number of amides is 5. The van der Waals surface area contributed by atoms with Crippen LogP contribution < -0.4 is 87.2 Å². The first-order valence-electron chi connectivity index (χ1n) is 23.0. The Morgan fingerprint density at radius 3 is 1.88 bits per heavy atom. The number of pyridine rings is 1. The summed E-state index contributed by atoms with van der Waals surface area (Å²) >= 11 is 0. The lowest BCUT2D eigenvalue weighted by Gasteiger charge is -2.40. The molecule has 4 aliphatic carbocycles. The van der Waals surface area contributed by atoms with Gasteiger partial charge in [-0.15, -0.1) is 0 Å². The Balaban J connectivity index is 1.14. The molecule has 27 nitrogen and oxygen atoms in total. The number of allylic oxidation sites excluding steroid dienone is 12. The molecule has 7 atom stereocenters. The molecule has 4 aliphatic rings. The average Bonchev–Trinajstić information content (AvgIpc) is 3.36. The molecule has 0 radical (unpaired) electrons. The molecular formula is C48H57N21O6. The number of carbonyl (C=O) groups is 5. The van der Waals surface area contributed by atoms with Crippen molar-refractivity contribution in [1.29, 1.82) is 21.6 Å². The third kappa shape index (κ3) is 12.5. The van der Waals surface area contributed by atoms with Crippen LogP contribution in [0.25, 0.3) is 10.9 Å². The maximum absolute atomic E-state index is 14.5. The van der Waals surface area contributed by atoms with Gasteiger partial charge in [-0.1, -0.05) is 72.9 Å². The zero-order chi connectivity index (χ0) is 54.1. The number of anilines is 2. The second kappa shape index (κ2) is 23.0. The van der Waals surface area contributed by atoms with Gasteiger partial charge in [-0.3, -0.25) is 55.9 Å². The van der Waals surface area contributed by atoms with Gasteiger partial charge in [-0.05, 0) is 75.8 Å². The Morgan fingerprint density at radius 1 is 0.693 bits per heavy atom. The fourth-order valence-electron chi connectivity index (χ4n) is 8.83. The lowest BCUT2D eigenvalue weighted by molar-refractivity contribution is -0.135. The van der Waals surface area contributed by atoms with E-state index in [0.29, 0.717) is 27.8 Å². The molecular weight excluding hydrogens is 967 g/mol. The van der Waals surface area contributed by atoms with Crippen molar-refractivity contribution < 1.29 is 29.1 Å². The van der Waals surface area contributed by atoms with Crippen LogP contribution in [0, 0.1) is 27.6 Å². The van der Waals surface area contributed by atoms with E-state index in [1.54, 1.807) is 59.6 Å². The van der Waals surface area contributed by atoms with E-state index in [1.807, 2.05) is 12.1 Å². The highest BCUT2D eigenvalue weighted by Gasteiger charge is 2.38. The summed E-state index contributed by atoms with van der Waals surface area (Å²) in [6.07, 6.45) is 10.2. The SMILES string of the molecule is N=C(N)NC(NC(=O)C(NC(=N)N)NC(=O)C(NC(=N)N)NC(=O)C(NC(=N)N)NC(=O)C(NCC(O)N(CC1=CC2=C3C(=CC=C4C=CC=C1C43)CC=C2)c1ccc2ncccc2c1N)c1ccccc1)C(N)=O. The van der Waals surface area contributed by atoms with Crippen LogP contribution in [0.2, 0.25) is 0 Å². The van der Waals surface area contributed by atoms with Crippen LogP contribution in [0.1, 0.15) is 18.0 Å². The van der Waals surface area contributed by atoms with Crippen molar-refractivity contribution in [3.8, 4) is 0 Å². The summed E-state index contributed by atoms with van der Waals surface area (Å²) in [6, 6.07) is 14.2. The lowest BCUT2D eigenvalue weighted by Crippen LogP contribution is -2.68. The average molecular weight is 1020 g/mol. The van der Waals surface area contributed by atoms with E-state index in [9.17, 15) is 29.1 Å². The van der Waals surface area contributed by atoms with Crippen LogP contribution in [0.5, 0.6) is 0 Å². The molecule has 0 saturated heterocycles. The monoisotopic (exact) mass is 1020 g/mol. The zero-order valence-electron chi connectivity index (χ0n) is 39.9. The van der Waals surface area contributed by atoms with Crippen LogP contribution >= 0.6 is 0 Å².